The highest BCUT2D eigenvalue weighted by molar-refractivity contribution is 5.95. The maximum atomic E-state index is 12.2. The highest BCUT2D eigenvalue weighted by Gasteiger charge is 2.25. The summed E-state index contributed by atoms with van der Waals surface area (Å²) in [6.07, 6.45) is 1.55. The fourth-order valence-electron chi connectivity index (χ4n) is 2.11. The third-order valence-electron chi connectivity index (χ3n) is 3.24. The highest BCUT2D eigenvalue weighted by Crippen LogP contribution is 2.10. The fraction of sp³-hybridized carbons (Fsp3) is 0.583. The van der Waals surface area contributed by atoms with Gasteiger partial charge in [-0.15, -0.1) is 0 Å². The maximum absolute atomic E-state index is 12.2. The molecule has 2 rings (SSSR count). The number of piperazine rings is 1. The van der Waals surface area contributed by atoms with Crippen molar-refractivity contribution in [2.45, 2.75) is 13.8 Å². The minimum Gasteiger partial charge on any atom is -0.338 e. The number of amides is 3. The van der Waals surface area contributed by atoms with Gasteiger partial charge in [0.05, 0.1) is 11.8 Å². The summed E-state index contributed by atoms with van der Waals surface area (Å²) in [5.41, 5.74) is 1.38. The van der Waals surface area contributed by atoms with Gasteiger partial charge in [-0.2, -0.15) is 5.10 Å². The topological polar surface area (TPSA) is 81.3 Å². The van der Waals surface area contributed by atoms with Crippen molar-refractivity contribution < 1.29 is 9.59 Å². The van der Waals surface area contributed by atoms with Crippen LogP contribution in [0.15, 0.2) is 6.20 Å². The molecule has 1 aliphatic rings. The molecule has 3 amide bonds. The lowest BCUT2D eigenvalue weighted by atomic mass is 10.2. The number of urea groups is 1. The third-order valence-corrected chi connectivity index (χ3v) is 3.24. The van der Waals surface area contributed by atoms with Crippen molar-refractivity contribution in [1.29, 1.82) is 0 Å². The van der Waals surface area contributed by atoms with Crippen molar-refractivity contribution in [2.75, 3.05) is 32.7 Å². The highest BCUT2D eigenvalue weighted by atomic mass is 16.2. The van der Waals surface area contributed by atoms with Gasteiger partial charge in [-0.3, -0.25) is 9.89 Å². The summed E-state index contributed by atoms with van der Waals surface area (Å²) in [7, 11) is 0. The molecule has 0 radical (unpaired) electrons. The standard InChI is InChI=1S/C12H19N5O2/c1-3-13-12(19)17-6-4-16(5-7-17)11(18)10-8-14-15-9(10)2/h8H,3-7H2,1-2H3,(H,13,19)(H,14,15). The van der Waals surface area contributed by atoms with Crippen LogP contribution in [0.2, 0.25) is 0 Å². The smallest absolute Gasteiger partial charge is 0.317 e. The number of hydrogen-bond acceptors (Lipinski definition) is 3. The summed E-state index contributed by atoms with van der Waals surface area (Å²) < 4.78 is 0. The molecule has 0 bridgehead atoms. The number of rotatable bonds is 2. The summed E-state index contributed by atoms with van der Waals surface area (Å²) in [6, 6.07) is -0.0610. The van der Waals surface area contributed by atoms with Gasteiger partial charge in [0.15, 0.2) is 0 Å². The normalized spacial score (nSPS) is 15.5. The molecule has 1 fully saturated rings. The van der Waals surface area contributed by atoms with E-state index in [1.165, 1.54) is 0 Å². The number of carbonyl (C=O) groups is 2. The van der Waals surface area contributed by atoms with Crippen LogP contribution in [0.5, 0.6) is 0 Å². The van der Waals surface area contributed by atoms with Gasteiger partial charge in [0.1, 0.15) is 0 Å². The number of aryl methyl sites for hydroxylation is 1. The largest absolute Gasteiger partial charge is 0.338 e. The molecule has 0 aromatic carbocycles. The Morgan fingerprint density at radius 2 is 1.95 bits per heavy atom. The molecule has 0 spiro atoms. The molecule has 1 aliphatic heterocycles. The monoisotopic (exact) mass is 265 g/mol. The number of carbonyl (C=O) groups excluding carboxylic acids is 2. The number of nitrogens with one attached hydrogen (secondary N) is 2. The molecule has 104 valence electrons. The summed E-state index contributed by atoms with van der Waals surface area (Å²) in [5, 5.41) is 9.38. The number of aromatic nitrogens is 2. The second kappa shape index (κ2) is 5.73. The second-order valence-corrected chi connectivity index (χ2v) is 4.52. The Hall–Kier alpha value is -2.05. The molecule has 2 heterocycles. The fourth-order valence-corrected chi connectivity index (χ4v) is 2.11. The predicted molar refractivity (Wildman–Crippen MR) is 69.9 cm³/mol. The van der Waals surface area contributed by atoms with Crippen molar-refractivity contribution in [3.05, 3.63) is 17.5 Å². The first-order valence-electron chi connectivity index (χ1n) is 6.45. The lowest BCUT2D eigenvalue weighted by Gasteiger charge is -2.34. The molecule has 0 aliphatic carbocycles. The van der Waals surface area contributed by atoms with Crippen molar-refractivity contribution in [2.24, 2.45) is 0 Å². The van der Waals surface area contributed by atoms with Gasteiger partial charge in [-0.25, -0.2) is 4.79 Å². The van der Waals surface area contributed by atoms with Gasteiger partial charge in [0.2, 0.25) is 0 Å². The van der Waals surface area contributed by atoms with Gasteiger partial charge in [-0.05, 0) is 13.8 Å². The van der Waals surface area contributed by atoms with Crippen LogP contribution >= 0.6 is 0 Å². The lowest BCUT2D eigenvalue weighted by molar-refractivity contribution is 0.0664. The number of hydrogen-bond donors (Lipinski definition) is 2. The molecule has 19 heavy (non-hydrogen) atoms. The number of H-pyrrole nitrogens is 1. The number of nitrogens with zero attached hydrogens (tertiary/aromatic N) is 3. The van der Waals surface area contributed by atoms with Gasteiger partial charge in [-0.1, -0.05) is 0 Å². The van der Waals surface area contributed by atoms with Crippen molar-refractivity contribution in [3.8, 4) is 0 Å². The summed E-state index contributed by atoms with van der Waals surface area (Å²) in [4.78, 5) is 27.4. The van der Waals surface area contributed by atoms with Gasteiger partial charge < -0.3 is 15.1 Å². The molecule has 0 atom stereocenters. The molecule has 7 heteroatoms. The van der Waals surface area contributed by atoms with Crippen LogP contribution in [-0.4, -0.2) is 64.7 Å². The van der Waals surface area contributed by atoms with E-state index in [1.54, 1.807) is 16.0 Å². The molecule has 0 saturated carbocycles. The Labute approximate surface area is 111 Å². The van der Waals surface area contributed by atoms with Gasteiger partial charge >= 0.3 is 6.03 Å². The SMILES string of the molecule is CCNC(=O)N1CCN(C(=O)c2cn[nH]c2C)CC1. The van der Waals surface area contributed by atoms with E-state index in [-0.39, 0.29) is 11.9 Å². The Morgan fingerprint density at radius 3 is 2.47 bits per heavy atom. The van der Waals surface area contributed by atoms with Crippen LogP contribution in [-0.2, 0) is 0 Å². The predicted octanol–water partition coefficient (Wildman–Crippen LogP) is 0.205. The molecular weight excluding hydrogens is 246 g/mol. The van der Waals surface area contributed by atoms with Crippen LogP contribution in [0.1, 0.15) is 23.0 Å². The summed E-state index contributed by atoms with van der Waals surface area (Å²) >= 11 is 0. The minimum absolute atomic E-state index is 0.0261. The summed E-state index contributed by atoms with van der Waals surface area (Å²) in [5.74, 6) is -0.0261. The van der Waals surface area contributed by atoms with Crippen LogP contribution < -0.4 is 5.32 Å². The first-order chi connectivity index (χ1) is 9.13. The van der Waals surface area contributed by atoms with E-state index in [9.17, 15) is 9.59 Å². The number of aromatic amines is 1. The minimum atomic E-state index is -0.0610. The van der Waals surface area contributed by atoms with Gasteiger partial charge in [0, 0.05) is 38.4 Å². The zero-order chi connectivity index (χ0) is 13.8. The first kappa shape index (κ1) is 13.4. The Morgan fingerprint density at radius 1 is 1.32 bits per heavy atom. The van der Waals surface area contributed by atoms with E-state index in [1.807, 2.05) is 13.8 Å². The van der Waals surface area contributed by atoms with E-state index in [4.69, 9.17) is 0 Å². The average molecular weight is 265 g/mol. The molecular formula is C12H19N5O2. The Balaban J connectivity index is 1.92. The molecule has 0 unspecified atom stereocenters. The second-order valence-electron chi connectivity index (χ2n) is 4.52. The molecule has 1 aromatic rings. The summed E-state index contributed by atoms with van der Waals surface area (Å²) in [6.45, 7) is 6.57. The van der Waals surface area contributed by atoms with Gasteiger partial charge in [0.25, 0.3) is 5.91 Å². The van der Waals surface area contributed by atoms with E-state index >= 15 is 0 Å². The maximum Gasteiger partial charge on any atom is 0.317 e. The zero-order valence-electron chi connectivity index (χ0n) is 11.3. The first-order valence-corrected chi connectivity index (χ1v) is 6.45. The van der Waals surface area contributed by atoms with Crippen molar-refractivity contribution >= 4 is 11.9 Å². The Bertz CT molecular complexity index is 462. The lowest BCUT2D eigenvalue weighted by Crippen LogP contribution is -2.53. The van der Waals surface area contributed by atoms with E-state index in [2.05, 4.69) is 15.5 Å². The van der Waals surface area contributed by atoms with E-state index < -0.39 is 0 Å². The van der Waals surface area contributed by atoms with E-state index in [0.29, 0.717) is 38.3 Å². The van der Waals surface area contributed by atoms with Crippen LogP contribution in [0.3, 0.4) is 0 Å². The molecule has 7 nitrogen and oxygen atoms in total. The zero-order valence-corrected chi connectivity index (χ0v) is 11.3. The molecule has 2 N–H and O–H groups in total. The van der Waals surface area contributed by atoms with Crippen LogP contribution in [0, 0.1) is 6.92 Å². The quantitative estimate of drug-likeness (QED) is 0.801. The molecule has 1 aromatic heterocycles. The van der Waals surface area contributed by atoms with Crippen molar-refractivity contribution in [3.63, 3.8) is 0 Å². The average Bonchev–Trinajstić information content (AvgIpc) is 2.84. The molecule has 1 saturated heterocycles. The van der Waals surface area contributed by atoms with E-state index in [0.717, 1.165) is 5.69 Å². The Kier molecular flexibility index (Phi) is 4.03. The van der Waals surface area contributed by atoms with Crippen LogP contribution in [0.25, 0.3) is 0 Å². The van der Waals surface area contributed by atoms with Crippen molar-refractivity contribution in [1.82, 2.24) is 25.3 Å². The van der Waals surface area contributed by atoms with Crippen LogP contribution in [0.4, 0.5) is 4.79 Å². The third kappa shape index (κ3) is 2.86.